The first-order valence-corrected chi connectivity index (χ1v) is 12.3. The molecule has 0 radical (unpaired) electrons. The van der Waals surface area contributed by atoms with Gasteiger partial charge in [-0.25, -0.2) is 9.48 Å². The molecule has 3 aromatic rings. The third kappa shape index (κ3) is 7.52. The molecule has 0 bridgehead atoms. The van der Waals surface area contributed by atoms with Gasteiger partial charge in [-0.1, -0.05) is 31.2 Å². The lowest BCUT2D eigenvalue weighted by Gasteiger charge is -2.36. The van der Waals surface area contributed by atoms with Crippen molar-refractivity contribution in [1.82, 2.24) is 19.2 Å². The van der Waals surface area contributed by atoms with Crippen LogP contribution in [0.3, 0.4) is 0 Å². The first kappa shape index (κ1) is 28.6. The van der Waals surface area contributed by atoms with E-state index in [9.17, 15) is 18.0 Å². The largest absolute Gasteiger partial charge is 0.492 e. The maximum atomic E-state index is 13.0. The molecule has 1 aliphatic heterocycles. The highest BCUT2D eigenvalue weighted by atomic mass is 35.5. The van der Waals surface area contributed by atoms with E-state index in [1.807, 2.05) is 42.2 Å². The van der Waals surface area contributed by atoms with Crippen LogP contribution in [-0.4, -0.2) is 58.6 Å². The zero-order valence-electron chi connectivity index (χ0n) is 20.9. The summed E-state index contributed by atoms with van der Waals surface area (Å²) >= 11 is 0. The van der Waals surface area contributed by atoms with Gasteiger partial charge in [0.05, 0.1) is 12.1 Å². The van der Waals surface area contributed by atoms with Crippen LogP contribution >= 0.6 is 12.4 Å². The number of halogens is 4. The molecule has 4 rings (SSSR count). The van der Waals surface area contributed by atoms with E-state index in [2.05, 4.69) is 10.00 Å². The molecule has 0 atom stereocenters. The molecule has 202 valence electrons. The first-order chi connectivity index (χ1) is 17.3. The minimum atomic E-state index is -4.34. The van der Waals surface area contributed by atoms with E-state index >= 15 is 0 Å². The molecule has 7 nitrogen and oxygen atoms in total. The van der Waals surface area contributed by atoms with E-state index in [0.717, 1.165) is 43.7 Å². The van der Waals surface area contributed by atoms with Crippen LogP contribution in [0.4, 0.5) is 18.9 Å². The van der Waals surface area contributed by atoms with Gasteiger partial charge < -0.3 is 9.64 Å². The van der Waals surface area contributed by atoms with E-state index < -0.39 is 11.7 Å². The van der Waals surface area contributed by atoms with Crippen LogP contribution in [0.15, 0.2) is 59.4 Å². The summed E-state index contributed by atoms with van der Waals surface area (Å²) in [5.74, 6) is 1.51. The van der Waals surface area contributed by atoms with Crippen molar-refractivity contribution in [2.75, 3.05) is 44.2 Å². The normalized spacial score (nSPS) is 14.4. The lowest BCUT2D eigenvalue weighted by atomic mass is 10.1. The van der Waals surface area contributed by atoms with Crippen molar-refractivity contribution in [3.8, 4) is 5.75 Å². The number of piperazine rings is 1. The monoisotopic (exact) mass is 539 g/mol. The van der Waals surface area contributed by atoms with E-state index in [1.165, 1.54) is 16.8 Å². The number of alkyl halides is 3. The molecule has 0 aliphatic carbocycles. The number of aromatic nitrogens is 3. The van der Waals surface area contributed by atoms with E-state index in [4.69, 9.17) is 4.74 Å². The number of hydrogen-bond donors (Lipinski definition) is 0. The maximum Gasteiger partial charge on any atom is 0.416 e. The van der Waals surface area contributed by atoms with Crippen molar-refractivity contribution < 1.29 is 17.9 Å². The Morgan fingerprint density at radius 3 is 2.35 bits per heavy atom. The predicted octanol–water partition coefficient (Wildman–Crippen LogP) is 4.34. The van der Waals surface area contributed by atoms with Crippen LogP contribution in [0.5, 0.6) is 5.75 Å². The van der Waals surface area contributed by atoms with Gasteiger partial charge in [-0.3, -0.25) is 9.47 Å². The molecule has 2 heterocycles. The van der Waals surface area contributed by atoms with Crippen LogP contribution in [0.2, 0.25) is 0 Å². The van der Waals surface area contributed by atoms with Crippen LogP contribution in [0, 0.1) is 0 Å². The molecule has 1 aromatic heterocycles. The van der Waals surface area contributed by atoms with E-state index in [0.29, 0.717) is 44.9 Å². The lowest BCUT2D eigenvalue weighted by molar-refractivity contribution is -0.137. The molecule has 0 N–H and O–H groups in total. The highest BCUT2D eigenvalue weighted by Gasteiger charge is 2.31. The number of aryl methyl sites for hydroxylation is 2. The fourth-order valence-corrected chi connectivity index (χ4v) is 4.44. The Morgan fingerprint density at radius 2 is 1.68 bits per heavy atom. The average Bonchev–Trinajstić information content (AvgIpc) is 3.19. The van der Waals surface area contributed by atoms with Gasteiger partial charge in [0.2, 0.25) is 0 Å². The molecule has 1 aliphatic rings. The standard InChI is InChI=1S/C26H32F3N5O2.ClH/c1-2-24-30-34(25(35)33(24)18-19-36-23-10-4-3-5-11-23)13-7-12-31-14-16-32(17-15-31)22-9-6-8-21(20-22)26(27,28)29;/h3-6,8-11,20H,2,7,12-19H2,1H3;1H. The highest BCUT2D eigenvalue weighted by molar-refractivity contribution is 5.85. The molecule has 0 amide bonds. The molecule has 0 spiro atoms. The number of rotatable bonds is 10. The fraction of sp³-hybridized carbons (Fsp3) is 0.462. The quantitative estimate of drug-likeness (QED) is 0.384. The summed E-state index contributed by atoms with van der Waals surface area (Å²) in [6.45, 7) is 6.97. The Kier molecular flexibility index (Phi) is 10.0. The number of nitrogens with zero attached hydrogens (tertiary/aromatic N) is 5. The van der Waals surface area contributed by atoms with Crippen LogP contribution in [0.25, 0.3) is 0 Å². The molecule has 0 saturated carbocycles. The SMILES string of the molecule is CCc1nn(CCCN2CCN(c3cccc(C(F)(F)F)c3)CC2)c(=O)n1CCOc1ccccc1.Cl. The molecule has 1 fully saturated rings. The van der Waals surface area contributed by atoms with Crippen molar-refractivity contribution in [2.45, 2.75) is 39.0 Å². The predicted molar refractivity (Wildman–Crippen MR) is 140 cm³/mol. The number of para-hydroxylation sites is 1. The zero-order chi connectivity index (χ0) is 25.5. The fourth-order valence-electron chi connectivity index (χ4n) is 4.44. The molecular formula is C26H33ClF3N5O2. The second kappa shape index (κ2) is 13.0. The van der Waals surface area contributed by atoms with Crippen molar-refractivity contribution in [3.63, 3.8) is 0 Å². The van der Waals surface area contributed by atoms with Crippen molar-refractivity contribution >= 4 is 18.1 Å². The third-order valence-corrected chi connectivity index (χ3v) is 6.40. The second-order valence-corrected chi connectivity index (χ2v) is 8.82. The van der Waals surface area contributed by atoms with Gasteiger partial charge in [0.1, 0.15) is 18.2 Å². The van der Waals surface area contributed by atoms with Gasteiger partial charge in [0, 0.05) is 51.4 Å². The van der Waals surface area contributed by atoms with E-state index in [1.54, 1.807) is 10.6 Å². The van der Waals surface area contributed by atoms with Gasteiger partial charge in [-0.2, -0.15) is 18.3 Å². The number of ether oxygens (including phenoxy) is 1. The minimum absolute atomic E-state index is 0. The van der Waals surface area contributed by atoms with Gasteiger partial charge in [0.25, 0.3) is 0 Å². The summed E-state index contributed by atoms with van der Waals surface area (Å²) in [5, 5.41) is 4.51. The Morgan fingerprint density at radius 1 is 0.946 bits per heavy atom. The molecule has 1 saturated heterocycles. The molecule has 11 heteroatoms. The maximum absolute atomic E-state index is 13.0. The van der Waals surface area contributed by atoms with Crippen molar-refractivity contribution in [3.05, 3.63) is 76.5 Å². The van der Waals surface area contributed by atoms with E-state index in [-0.39, 0.29) is 18.1 Å². The van der Waals surface area contributed by atoms with Gasteiger partial charge in [-0.05, 0) is 36.8 Å². The summed E-state index contributed by atoms with van der Waals surface area (Å²) in [6.07, 6.45) is -2.91. The molecule has 2 aromatic carbocycles. The number of benzene rings is 2. The summed E-state index contributed by atoms with van der Waals surface area (Å²) < 4.78 is 48.0. The Bertz CT molecular complexity index is 1170. The second-order valence-electron chi connectivity index (χ2n) is 8.82. The minimum Gasteiger partial charge on any atom is -0.492 e. The lowest BCUT2D eigenvalue weighted by Crippen LogP contribution is -2.46. The summed E-state index contributed by atoms with van der Waals surface area (Å²) in [5.41, 5.74) is -0.145. The molecule has 37 heavy (non-hydrogen) atoms. The smallest absolute Gasteiger partial charge is 0.416 e. The van der Waals surface area contributed by atoms with Gasteiger partial charge in [0.15, 0.2) is 0 Å². The Hall–Kier alpha value is -2.98. The molecule has 0 unspecified atom stereocenters. The first-order valence-electron chi connectivity index (χ1n) is 12.3. The average molecular weight is 540 g/mol. The van der Waals surface area contributed by atoms with Crippen molar-refractivity contribution in [1.29, 1.82) is 0 Å². The highest BCUT2D eigenvalue weighted by Crippen LogP contribution is 2.31. The Labute approximate surface area is 220 Å². The van der Waals surface area contributed by atoms with Crippen molar-refractivity contribution in [2.24, 2.45) is 0 Å². The summed E-state index contributed by atoms with van der Waals surface area (Å²) in [4.78, 5) is 17.1. The number of anilines is 1. The topological polar surface area (TPSA) is 55.5 Å². The molecular weight excluding hydrogens is 507 g/mol. The zero-order valence-corrected chi connectivity index (χ0v) is 21.7. The van der Waals surface area contributed by atoms with Crippen LogP contribution in [0.1, 0.15) is 24.7 Å². The Balaban J connectivity index is 0.00000380. The third-order valence-electron chi connectivity index (χ3n) is 6.40. The summed E-state index contributed by atoms with van der Waals surface area (Å²) in [7, 11) is 0. The van der Waals surface area contributed by atoms with Gasteiger partial charge >= 0.3 is 11.9 Å². The van der Waals surface area contributed by atoms with Gasteiger partial charge in [-0.15, -0.1) is 12.4 Å². The summed E-state index contributed by atoms with van der Waals surface area (Å²) in [6, 6.07) is 15.0. The number of hydrogen-bond acceptors (Lipinski definition) is 5. The van der Waals surface area contributed by atoms with Crippen LogP contribution < -0.4 is 15.3 Å². The van der Waals surface area contributed by atoms with Crippen LogP contribution in [-0.2, 0) is 25.7 Å².